The van der Waals surface area contributed by atoms with Crippen LogP contribution in [0.15, 0.2) is 29.2 Å². The summed E-state index contributed by atoms with van der Waals surface area (Å²) in [5, 5.41) is 3.37. The molecule has 3 rings (SSSR count). The minimum atomic E-state index is -3.33. The minimum absolute atomic E-state index is 0. The molecule has 2 aliphatic heterocycles. The fourth-order valence-electron chi connectivity index (χ4n) is 3.20. The average molecular weight is 317 g/mol. The van der Waals surface area contributed by atoms with E-state index >= 15 is 0 Å². The first-order valence-corrected chi connectivity index (χ1v) is 8.29. The van der Waals surface area contributed by atoms with Crippen LogP contribution in [0.2, 0.25) is 0 Å². The minimum Gasteiger partial charge on any atom is -0.316 e. The number of nitrogens with zero attached hydrogens (tertiary/aromatic N) is 1. The molecular weight excluding hydrogens is 296 g/mol. The lowest BCUT2D eigenvalue weighted by molar-refractivity contribution is 0.228. The second-order valence-electron chi connectivity index (χ2n) is 5.60. The molecule has 0 aromatic heterocycles. The summed E-state index contributed by atoms with van der Waals surface area (Å²) < 4.78 is 27.1. The lowest BCUT2D eigenvalue weighted by Crippen LogP contribution is -2.43. The van der Waals surface area contributed by atoms with Crippen molar-refractivity contribution in [2.24, 2.45) is 11.8 Å². The number of benzene rings is 1. The quantitative estimate of drug-likeness (QED) is 0.902. The van der Waals surface area contributed by atoms with Crippen molar-refractivity contribution in [3.8, 4) is 0 Å². The van der Waals surface area contributed by atoms with Crippen molar-refractivity contribution in [3.63, 3.8) is 0 Å². The van der Waals surface area contributed by atoms with Crippen LogP contribution in [0.3, 0.4) is 0 Å². The molecule has 1 aromatic carbocycles. The van der Waals surface area contributed by atoms with Crippen LogP contribution >= 0.6 is 12.4 Å². The van der Waals surface area contributed by atoms with Crippen LogP contribution in [0.4, 0.5) is 0 Å². The van der Waals surface area contributed by atoms with Crippen molar-refractivity contribution >= 4 is 22.4 Å². The first-order chi connectivity index (χ1) is 9.09. The van der Waals surface area contributed by atoms with E-state index in [0.29, 0.717) is 29.8 Å². The van der Waals surface area contributed by atoms with E-state index in [1.54, 1.807) is 16.4 Å². The Morgan fingerprint density at radius 2 is 1.90 bits per heavy atom. The highest BCUT2D eigenvalue weighted by Gasteiger charge is 2.37. The van der Waals surface area contributed by atoms with Gasteiger partial charge in [-0.1, -0.05) is 18.2 Å². The third kappa shape index (κ3) is 2.72. The maximum Gasteiger partial charge on any atom is 0.243 e. The molecule has 0 amide bonds. The Morgan fingerprint density at radius 1 is 1.20 bits per heavy atom. The molecule has 2 fully saturated rings. The van der Waals surface area contributed by atoms with Gasteiger partial charge in [0.2, 0.25) is 10.0 Å². The molecule has 2 aliphatic rings. The summed E-state index contributed by atoms with van der Waals surface area (Å²) in [6.45, 7) is 5.16. The molecule has 0 aliphatic carbocycles. The Bertz CT molecular complexity index is 576. The Labute approximate surface area is 127 Å². The topological polar surface area (TPSA) is 49.4 Å². The molecule has 1 N–H and O–H groups in total. The van der Waals surface area contributed by atoms with E-state index in [9.17, 15) is 8.42 Å². The van der Waals surface area contributed by atoms with Gasteiger partial charge in [-0.15, -0.1) is 12.4 Å². The van der Waals surface area contributed by atoms with E-state index in [2.05, 4.69) is 5.32 Å². The van der Waals surface area contributed by atoms with Crippen LogP contribution in [-0.4, -0.2) is 38.9 Å². The number of rotatable bonds is 2. The molecule has 20 heavy (non-hydrogen) atoms. The van der Waals surface area contributed by atoms with Crippen LogP contribution in [0, 0.1) is 18.8 Å². The zero-order chi connectivity index (χ0) is 13.5. The molecule has 4 nitrogen and oxygen atoms in total. The van der Waals surface area contributed by atoms with Gasteiger partial charge in [-0.25, -0.2) is 8.42 Å². The Kier molecular flexibility index (Phi) is 4.74. The van der Waals surface area contributed by atoms with Gasteiger partial charge in [0.05, 0.1) is 4.90 Å². The molecule has 2 unspecified atom stereocenters. The van der Waals surface area contributed by atoms with Crippen LogP contribution < -0.4 is 5.32 Å². The number of sulfonamides is 1. The lowest BCUT2D eigenvalue weighted by atomic mass is 9.90. The first-order valence-electron chi connectivity index (χ1n) is 6.85. The largest absolute Gasteiger partial charge is 0.316 e. The summed E-state index contributed by atoms with van der Waals surface area (Å²) in [7, 11) is -3.33. The molecule has 0 spiro atoms. The van der Waals surface area contributed by atoms with E-state index in [4.69, 9.17) is 0 Å². The maximum absolute atomic E-state index is 12.7. The Balaban J connectivity index is 0.00000147. The van der Waals surface area contributed by atoms with Crippen LogP contribution in [0.1, 0.15) is 12.0 Å². The summed E-state index contributed by atoms with van der Waals surface area (Å²) in [5.74, 6) is 1.14. The number of hydrogen-bond acceptors (Lipinski definition) is 3. The van der Waals surface area contributed by atoms with Gasteiger partial charge in [0, 0.05) is 13.1 Å². The zero-order valence-electron chi connectivity index (χ0n) is 11.6. The highest BCUT2D eigenvalue weighted by atomic mass is 35.5. The van der Waals surface area contributed by atoms with Gasteiger partial charge in [0.15, 0.2) is 0 Å². The molecule has 112 valence electrons. The van der Waals surface area contributed by atoms with Crippen molar-refractivity contribution < 1.29 is 8.42 Å². The zero-order valence-corrected chi connectivity index (χ0v) is 13.2. The molecule has 0 bridgehead atoms. The monoisotopic (exact) mass is 316 g/mol. The fraction of sp³-hybridized carbons (Fsp3) is 0.571. The number of nitrogens with one attached hydrogen (secondary N) is 1. The maximum atomic E-state index is 12.7. The van der Waals surface area contributed by atoms with Gasteiger partial charge >= 0.3 is 0 Å². The van der Waals surface area contributed by atoms with Crippen LogP contribution in [-0.2, 0) is 10.0 Å². The van der Waals surface area contributed by atoms with E-state index in [-0.39, 0.29) is 12.4 Å². The Hall–Kier alpha value is -0.620. The molecule has 0 radical (unpaired) electrons. The number of aryl methyl sites for hydroxylation is 1. The normalized spacial score (nSPS) is 26.9. The molecular formula is C14H21ClN2O2S. The van der Waals surface area contributed by atoms with Crippen molar-refractivity contribution in [2.45, 2.75) is 18.2 Å². The smallest absolute Gasteiger partial charge is 0.243 e. The van der Waals surface area contributed by atoms with Crippen molar-refractivity contribution in [1.82, 2.24) is 9.62 Å². The van der Waals surface area contributed by atoms with Gasteiger partial charge < -0.3 is 5.32 Å². The summed E-state index contributed by atoms with van der Waals surface area (Å²) in [4.78, 5) is 0.458. The van der Waals surface area contributed by atoms with E-state index in [1.807, 2.05) is 19.1 Å². The van der Waals surface area contributed by atoms with Gasteiger partial charge in [-0.05, 0) is 49.9 Å². The highest BCUT2D eigenvalue weighted by molar-refractivity contribution is 7.89. The van der Waals surface area contributed by atoms with Gasteiger partial charge in [-0.2, -0.15) is 4.31 Å². The predicted molar refractivity (Wildman–Crippen MR) is 81.7 cm³/mol. The Morgan fingerprint density at radius 3 is 2.65 bits per heavy atom. The van der Waals surface area contributed by atoms with Crippen molar-refractivity contribution in [3.05, 3.63) is 29.8 Å². The molecule has 0 saturated carbocycles. The molecule has 2 saturated heterocycles. The van der Waals surface area contributed by atoms with Gasteiger partial charge in [0.1, 0.15) is 0 Å². The summed E-state index contributed by atoms with van der Waals surface area (Å²) in [6.07, 6.45) is 0.975. The number of hydrogen-bond donors (Lipinski definition) is 1. The second kappa shape index (κ2) is 6.02. The SMILES string of the molecule is Cc1ccccc1S(=O)(=O)N1CCC2CNCC2C1.Cl. The third-order valence-electron chi connectivity index (χ3n) is 4.38. The lowest BCUT2D eigenvalue weighted by Gasteiger charge is -2.33. The standard InChI is InChI=1S/C14H20N2O2S.ClH/c1-11-4-2-3-5-14(11)19(17,18)16-7-6-12-8-15-9-13(12)10-16;/h2-5,12-13,15H,6-10H2,1H3;1H. The fourth-order valence-corrected chi connectivity index (χ4v) is 4.94. The van der Waals surface area contributed by atoms with E-state index in [0.717, 1.165) is 25.1 Å². The second-order valence-corrected chi connectivity index (χ2v) is 7.50. The van der Waals surface area contributed by atoms with E-state index in [1.165, 1.54) is 0 Å². The van der Waals surface area contributed by atoms with Crippen LogP contribution in [0.5, 0.6) is 0 Å². The third-order valence-corrected chi connectivity index (χ3v) is 6.40. The average Bonchev–Trinajstić information content (AvgIpc) is 2.86. The summed E-state index contributed by atoms with van der Waals surface area (Å²) in [6, 6.07) is 7.24. The number of piperidine rings is 1. The van der Waals surface area contributed by atoms with Crippen molar-refractivity contribution in [2.75, 3.05) is 26.2 Å². The van der Waals surface area contributed by atoms with Crippen molar-refractivity contribution in [1.29, 1.82) is 0 Å². The number of halogens is 1. The molecule has 2 atom stereocenters. The van der Waals surface area contributed by atoms with E-state index < -0.39 is 10.0 Å². The predicted octanol–water partition coefficient (Wildman–Crippen LogP) is 1.65. The summed E-state index contributed by atoms with van der Waals surface area (Å²) in [5.41, 5.74) is 0.828. The molecule has 2 heterocycles. The number of fused-ring (bicyclic) bond motifs is 1. The molecule has 6 heteroatoms. The van der Waals surface area contributed by atoms with Gasteiger partial charge in [-0.3, -0.25) is 0 Å². The van der Waals surface area contributed by atoms with Gasteiger partial charge in [0.25, 0.3) is 0 Å². The summed E-state index contributed by atoms with van der Waals surface area (Å²) >= 11 is 0. The van der Waals surface area contributed by atoms with Crippen LogP contribution in [0.25, 0.3) is 0 Å². The molecule has 1 aromatic rings. The highest BCUT2D eigenvalue weighted by Crippen LogP contribution is 2.30. The first kappa shape index (κ1) is 15.8.